The summed E-state index contributed by atoms with van der Waals surface area (Å²) in [5.74, 6) is -4.77. The van der Waals surface area contributed by atoms with Gasteiger partial charge in [-0.05, 0) is 23.3 Å². The molecule has 0 unspecified atom stereocenters. The normalized spacial score (nSPS) is 27.6. The molecular weight excluding hydrogens is 399 g/mol. The smallest absolute Gasteiger partial charge is 0.274 e. The molecule has 2 bridgehead atoms. The van der Waals surface area contributed by atoms with Crippen LogP contribution in [0.25, 0.3) is 0 Å². The standard InChI is InChI=1S/C24H15FN2O4/c25-17-11-5-6-12-18(17)26-22(28)20-19-13-7-1-3-9-15(13)24(27(30)31,21(20)23(26)29)16-10-4-2-8-14(16)19/h1-12,19-21H/t19?,20-,21+,24?/m0/s1. The van der Waals surface area contributed by atoms with Gasteiger partial charge in [-0.15, -0.1) is 0 Å². The number of hydrogen-bond donors (Lipinski definition) is 0. The summed E-state index contributed by atoms with van der Waals surface area (Å²) in [5, 5.41) is 12.8. The fourth-order valence-electron chi connectivity index (χ4n) is 5.91. The molecule has 6 nitrogen and oxygen atoms in total. The maximum absolute atomic E-state index is 14.6. The molecule has 3 aromatic carbocycles. The van der Waals surface area contributed by atoms with E-state index in [1.54, 1.807) is 48.5 Å². The number of rotatable bonds is 2. The molecule has 0 aromatic heterocycles. The quantitative estimate of drug-likeness (QED) is 0.365. The van der Waals surface area contributed by atoms with Gasteiger partial charge in [0.1, 0.15) is 11.7 Å². The molecule has 3 aromatic rings. The minimum absolute atomic E-state index is 0.169. The SMILES string of the molecule is O=C1[C@H]2C3c4ccccc4C([N+](=O)[O-])(c4ccccc43)[C@H]2C(=O)N1c1ccccc1F. The first-order valence-electron chi connectivity index (χ1n) is 9.95. The molecule has 1 heterocycles. The van der Waals surface area contributed by atoms with Crippen LogP contribution < -0.4 is 4.90 Å². The van der Waals surface area contributed by atoms with Gasteiger partial charge in [-0.3, -0.25) is 19.7 Å². The average Bonchev–Trinajstić information content (AvgIpc) is 3.05. The lowest BCUT2D eigenvalue weighted by Gasteiger charge is -2.48. The van der Waals surface area contributed by atoms with Crippen LogP contribution in [0.4, 0.5) is 10.1 Å². The first-order chi connectivity index (χ1) is 15.0. The van der Waals surface area contributed by atoms with Crippen LogP contribution in [0.5, 0.6) is 0 Å². The molecule has 2 atom stereocenters. The predicted octanol–water partition coefficient (Wildman–Crippen LogP) is 3.61. The van der Waals surface area contributed by atoms with E-state index in [1.165, 1.54) is 24.3 Å². The third-order valence-electron chi connectivity index (χ3n) is 6.95. The second kappa shape index (κ2) is 5.85. The third-order valence-corrected chi connectivity index (χ3v) is 6.95. The fourth-order valence-corrected chi connectivity index (χ4v) is 5.91. The Labute approximate surface area is 176 Å². The maximum Gasteiger partial charge on any atom is 0.285 e. The summed E-state index contributed by atoms with van der Waals surface area (Å²) in [6, 6.07) is 19.4. The van der Waals surface area contributed by atoms with E-state index in [4.69, 9.17) is 0 Å². The van der Waals surface area contributed by atoms with Crippen molar-refractivity contribution in [3.05, 3.63) is 111 Å². The molecule has 7 heteroatoms. The van der Waals surface area contributed by atoms with Crippen LogP contribution in [-0.2, 0) is 15.1 Å². The number of halogens is 1. The first-order valence-corrected chi connectivity index (χ1v) is 9.95. The van der Waals surface area contributed by atoms with Crippen molar-refractivity contribution in [3.63, 3.8) is 0 Å². The molecule has 1 fully saturated rings. The zero-order valence-electron chi connectivity index (χ0n) is 16.1. The topological polar surface area (TPSA) is 80.5 Å². The van der Waals surface area contributed by atoms with Crippen molar-refractivity contribution in [3.8, 4) is 0 Å². The molecule has 152 valence electrons. The van der Waals surface area contributed by atoms with Crippen molar-refractivity contribution in [1.82, 2.24) is 0 Å². The summed E-state index contributed by atoms with van der Waals surface area (Å²) in [6.45, 7) is 0. The van der Waals surface area contributed by atoms with Crippen LogP contribution in [0.2, 0.25) is 0 Å². The Balaban J connectivity index is 1.69. The number of para-hydroxylation sites is 1. The van der Waals surface area contributed by atoms with Crippen molar-refractivity contribution in [2.45, 2.75) is 11.5 Å². The van der Waals surface area contributed by atoms with E-state index in [9.17, 15) is 24.1 Å². The lowest BCUT2D eigenvalue weighted by molar-refractivity contribution is -0.578. The van der Waals surface area contributed by atoms with Gasteiger partial charge in [0.2, 0.25) is 11.8 Å². The molecule has 0 saturated carbocycles. The second-order valence-corrected chi connectivity index (χ2v) is 8.14. The number of benzene rings is 3. The second-order valence-electron chi connectivity index (χ2n) is 8.14. The summed E-state index contributed by atoms with van der Waals surface area (Å²) >= 11 is 0. The van der Waals surface area contributed by atoms with E-state index in [2.05, 4.69) is 0 Å². The molecule has 0 N–H and O–H groups in total. The van der Waals surface area contributed by atoms with E-state index in [0.29, 0.717) is 22.3 Å². The molecular formula is C24H15FN2O4. The predicted molar refractivity (Wildman–Crippen MR) is 108 cm³/mol. The van der Waals surface area contributed by atoms with Crippen molar-refractivity contribution < 1.29 is 18.9 Å². The number of amides is 2. The van der Waals surface area contributed by atoms with E-state index in [0.717, 1.165) is 4.90 Å². The lowest BCUT2D eigenvalue weighted by atomic mass is 9.51. The Hall–Kier alpha value is -3.87. The first kappa shape index (κ1) is 17.9. The van der Waals surface area contributed by atoms with Gasteiger partial charge in [0.15, 0.2) is 0 Å². The van der Waals surface area contributed by atoms with E-state index in [-0.39, 0.29) is 5.69 Å². The number of nitrogens with zero attached hydrogens (tertiary/aromatic N) is 2. The largest absolute Gasteiger partial charge is 0.285 e. The number of carbonyl (C=O) groups excluding carboxylic acids is 2. The molecule has 0 spiro atoms. The third kappa shape index (κ3) is 1.92. The Morgan fingerprint density at radius 2 is 1.39 bits per heavy atom. The summed E-state index contributed by atoms with van der Waals surface area (Å²) in [7, 11) is 0. The highest BCUT2D eigenvalue weighted by molar-refractivity contribution is 6.23. The number of hydrogen-bond acceptors (Lipinski definition) is 4. The Bertz CT molecular complexity index is 1270. The average molecular weight is 414 g/mol. The molecule has 0 radical (unpaired) electrons. The van der Waals surface area contributed by atoms with Crippen LogP contribution >= 0.6 is 0 Å². The van der Waals surface area contributed by atoms with Gasteiger partial charge >= 0.3 is 0 Å². The summed E-state index contributed by atoms with van der Waals surface area (Å²) < 4.78 is 14.6. The number of nitro groups is 1. The minimum atomic E-state index is -1.90. The summed E-state index contributed by atoms with van der Waals surface area (Å²) in [5.41, 5.74) is 0.145. The zero-order chi connectivity index (χ0) is 21.5. The lowest BCUT2D eigenvalue weighted by Crippen LogP contribution is -2.57. The Morgan fingerprint density at radius 1 is 0.839 bits per heavy atom. The Kier molecular flexibility index (Phi) is 3.38. The molecule has 7 rings (SSSR count). The zero-order valence-corrected chi connectivity index (χ0v) is 16.1. The van der Waals surface area contributed by atoms with Gasteiger partial charge < -0.3 is 0 Å². The van der Waals surface area contributed by atoms with Gasteiger partial charge in [-0.2, -0.15) is 0 Å². The summed E-state index contributed by atoms with van der Waals surface area (Å²) in [6.07, 6.45) is 0. The summed E-state index contributed by atoms with van der Waals surface area (Å²) in [4.78, 5) is 40.4. The van der Waals surface area contributed by atoms with Gasteiger partial charge in [0.25, 0.3) is 5.54 Å². The Morgan fingerprint density at radius 3 is 1.97 bits per heavy atom. The number of imide groups is 1. The highest BCUT2D eigenvalue weighted by Crippen LogP contribution is 2.64. The van der Waals surface area contributed by atoms with Crippen molar-refractivity contribution in [1.29, 1.82) is 0 Å². The van der Waals surface area contributed by atoms with Gasteiger partial charge in [0, 0.05) is 22.0 Å². The van der Waals surface area contributed by atoms with Crippen molar-refractivity contribution >= 4 is 17.5 Å². The van der Waals surface area contributed by atoms with Crippen LogP contribution in [0, 0.1) is 27.8 Å². The highest BCUT2D eigenvalue weighted by atomic mass is 19.1. The van der Waals surface area contributed by atoms with Crippen molar-refractivity contribution in [2.75, 3.05) is 4.90 Å². The monoisotopic (exact) mass is 414 g/mol. The van der Waals surface area contributed by atoms with Crippen LogP contribution in [-0.4, -0.2) is 16.7 Å². The van der Waals surface area contributed by atoms with Gasteiger partial charge in [-0.1, -0.05) is 60.7 Å². The molecule has 3 aliphatic carbocycles. The van der Waals surface area contributed by atoms with Crippen LogP contribution in [0.1, 0.15) is 28.2 Å². The van der Waals surface area contributed by atoms with E-state index in [1.807, 2.05) is 0 Å². The van der Waals surface area contributed by atoms with Gasteiger partial charge in [-0.25, -0.2) is 9.29 Å². The molecule has 4 aliphatic rings. The number of anilines is 1. The number of carbonyl (C=O) groups is 2. The van der Waals surface area contributed by atoms with Crippen LogP contribution in [0.3, 0.4) is 0 Å². The molecule has 2 amide bonds. The minimum Gasteiger partial charge on any atom is -0.274 e. The van der Waals surface area contributed by atoms with Crippen LogP contribution in [0.15, 0.2) is 72.8 Å². The maximum atomic E-state index is 14.6. The van der Waals surface area contributed by atoms with E-state index < -0.39 is 45.8 Å². The molecule has 31 heavy (non-hydrogen) atoms. The molecule has 1 aliphatic heterocycles. The van der Waals surface area contributed by atoms with Gasteiger partial charge in [0.05, 0.1) is 11.6 Å². The van der Waals surface area contributed by atoms with E-state index >= 15 is 0 Å². The highest BCUT2D eigenvalue weighted by Gasteiger charge is 2.74. The fraction of sp³-hybridized carbons (Fsp3) is 0.167. The van der Waals surface area contributed by atoms with Crippen molar-refractivity contribution in [2.24, 2.45) is 11.8 Å². The molecule has 1 saturated heterocycles.